The van der Waals surface area contributed by atoms with E-state index in [9.17, 15) is 0 Å². The SMILES string of the molecule is CCC1(CC)CCN(c2ncccc2CNC(C)C)CC1. The van der Waals surface area contributed by atoms with Crippen LogP contribution in [0.25, 0.3) is 0 Å². The molecule has 0 aliphatic carbocycles. The van der Waals surface area contributed by atoms with Crippen molar-refractivity contribution >= 4 is 5.82 Å². The highest BCUT2D eigenvalue weighted by atomic mass is 15.2. The van der Waals surface area contributed by atoms with Crippen molar-refractivity contribution in [1.82, 2.24) is 10.3 Å². The third-order valence-corrected chi connectivity index (χ3v) is 5.19. The second-order valence-electron chi connectivity index (χ2n) is 6.72. The molecule has 1 aliphatic rings. The van der Waals surface area contributed by atoms with Gasteiger partial charge in [-0.3, -0.25) is 0 Å². The lowest BCUT2D eigenvalue weighted by molar-refractivity contribution is 0.199. The van der Waals surface area contributed by atoms with Gasteiger partial charge in [0.25, 0.3) is 0 Å². The zero-order valence-corrected chi connectivity index (χ0v) is 14.2. The van der Waals surface area contributed by atoms with Crippen LogP contribution < -0.4 is 10.2 Å². The van der Waals surface area contributed by atoms with Crippen LogP contribution in [0.1, 0.15) is 58.9 Å². The first-order valence-electron chi connectivity index (χ1n) is 8.52. The van der Waals surface area contributed by atoms with Crippen LogP contribution >= 0.6 is 0 Å². The van der Waals surface area contributed by atoms with Gasteiger partial charge in [0, 0.05) is 37.4 Å². The topological polar surface area (TPSA) is 28.2 Å². The summed E-state index contributed by atoms with van der Waals surface area (Å²) in [6.07, 6.45) is 7.14. The van der Waals surface area contributed by atoms with Gasteiger partial charge in [0.05, 0.1) is 0 Å². The molecule has 3 heteroatoms. The van der Waals surface area contributed by atoms with Crippen LogP contribution in [-0.4, -0.2) is 24.1 Å². The van der Waals surface area contributed by atoms with Crippen molar-refractivity contribution in [3.63, 3.8) is 0 Å². The Balaban J connectivity index is 2.06. The van der Waals surface area contributed by atoms with Gasteiger partial charge >= 0.3 is 0 Å². The first kappa shape index (κ1) is 16.3. The molecule has 1 aliphatic heterocycles. The summed E-state index contributed by atoms with van der Waals surface area (Å²) in [5.41, 5.74) is 1.90. The number of hydrogen-bond donors (Lipinski definition) is 1. The van der Waals surface area contributed by atoms with Crippen molar-refractivity contribution in [2.24, 2.45) is 5.41 Å². The molecular formula is C18H31N3. The first-order valence-corrected chi connectivity index (χ1v) is 8.52. The van der Waals surface area contributed by atoms with Crippen molar-refractivity contribution in [2.45, 2.75) is 66.0 Å². The highest BCUT2D eigenvalue weighted by molar-refractivity contribution is 5.47. The smallest absolute Gasteiger partial charge is 0.133 e. The van der Waals surface area contributed by atoms with Crippen LogP contribution in [-0.2, 0) is 6.54 Å². The number of pyridine rings is 1. The lowest BCUT2D eigenvalue weighted by Crippen LogP contribution is -2.40. The summed E-state index contributed by atoms with van der Waals surface area (Å²) in [7, 11) is 0. The Morgan fingerprint density at radius 1 is 1.24 bits per heavy atom. The molecule has 1 fully saturated rings. The molecule has 0 aromatic carbocycles. The minimum Gasteiger partial charge on any atom is -0.356 e. The van der Waals surface area contributed by atoms with E-state index in [1.807, 2.05) is 12.3 Å². The lowest BCUT2D eigenvalue weighted by atomic mass is 9.74. The maximum Gasteiger partial charge on any atom is 0.133 e. The quantitative estimate of drug-likeness (QED) is 0.858. The highest BCUT2D eigenvalue weighted by Crippen LogP contribution is 2.39. The molecule has 1 aromatic heterocycles. The van der Waals surface area contributed by atoms with Crippen LogP contribution in [0.2, 0.25) is 0 Å². The monoisotopic (exact) mass is 289 g/mol. The van der Waals surface area contributed by atoms with Crippen molar-refractivity contribution < 1.29 is 0 Å². The highest BCUT2D eigenvalue weighted by Gasteiger charge is 2.32. The van der Waals surface area contributed by atoms with Gasteiger partial charge < -0.3 is 10.2 Å². The summed E-state index contributed by atoms with van der Waals surface area (Å²) in [4.78, 5) is 7.15. The molecule has 21 heavy (non-hydrogen) atoms. The average Bonchev–Trinajstić information content (AvgIpc) is 2.53. The molecule has 0 unspecified atom stereocenters. The molecule has 0 spiro atoms. The Labute approximate surface area is 130 Å². The van der Waals surface area contributed by atoms with Crippen molar-refractivity contribution in [3.8, 4) is 0 Å². The third-order valence-electron chi connectivity index (χ3n) is 5.19. The molecule has 0 radical (unpaired) electrons. The van der Waals surface area contributed by atoms with Crippen LogP contribution in [0, 0.1) is 5.41 Å². The van der Waals surface area contributed by atoms with Crippen molar-refractivity contribution in [3.05, 3.63) is 23.9 Å². The molecule has 0 bridgehead atoms. The van der Waals surface area contributed by atoms with Gasteiger partial charge in [0.2, 0.25) is 0 Å². The van der Waals surface area contributed by atoms with E-state index >= 15 is 0 Å². The molecule has 1 N–H and O–H groups in total. The van der Waals surface area contributed by atoms with Crippen LogP contribution in [0.5, 0.6) is 0 Å². The molecule has 1 saturated heterocycles. The average molecular weight is 289 g/mol. The number of anilines is 1. The number of piperidine rings is 1. The maximum atomic E-state index is 4.67. The van der Waals surface area contributed by atoms with Gasteiger partial charge in [-0.25, -0.2) is 4.98 Å². The minimum atomic E-state index is 0.507. The number of hydrogen-bond acceptors (Lipinski definition) is 3. The second kappa shape index (κ2) is 7.26. The molecule has 1 aromatic rings. The van der Waals surface area contributed by atoms with Crippen molar-refractivity contribution in [1.29, 1.82) is 0 Å². The molecule has 0 amide bonds. The van der Waals surface area contributed by atoms with Gasteiger partial charge in [0.1, 0.15) is 5.82 Å². The van der Waals surface area contributed by atoms with Gasteiger partial charge in [-0.05, 0) is 24.3 Å². The predicted octanol–water partition coefficient (Wildman–Crippen LogP) is 3.99. The van der Waals surface area contributed by atoms with Crippen molar-refractivity contribution in [2.75, 3.05) is 18.0 Å². The third kappa shape index (κ3) is 3.97. The Morgan fingerprint density at radius 3 is 2.48 bits per heavy atom. The van der Waals surface area contributed by atoms with Crippen LogP contribution in [0.4, 0.5) is 5.82 Å². The van der Waals surface area contributed by atoms with Crippen LogP contribution in [0.3, 0.4) is 0 Å². The summed E-state index contributed by atoms with van der Waals surface area (Å²) in [6, 6.07) is 4.76. The fraction of sp³-hybridized carbons (Fsp3) is 0.722. The van der Waals surface area contributed by atoms with E-state index in [1.54, 1.807) is 0 Å². The fourth-order valence-corrected chi connectivity index (χ4v) is 3.32. The Hall–Kier alpha value is -1.09. The van der Waals surface area contributed by atoms with Gasteiger partial charge in [-0.15, -0.1) is 0 Å². The van der Waals surface area contributed by atoms with E-state index < -0.39 is 0 Å². The summed E-state index contributed by atoms with van der Waals surface area (Å²) in [5, 5.41) is 3.51. The zero-order valence-electron chi connectivity index (χ0n) is 14.2. The number of rotatable bonds is 6. The summed E-state index contributed by atoms with van der Waals surface area (Å²) in [6.45, 7) is 12.3. The molecule has 3 nitrogen and oxygen atoms in total. The normalized spacial score (nSPS) is 18.2. The van der Waals surface area contributed by atoms with E-state index in [0.717, 1.165) is 19.6 Å². The second-order valence-corrected chi connectivity index (χ2v) is 6.72. The Morgan fingerprint density at radius 2 is 1.90 bits per heavy atom. The number of nitrogens with one attached hydrogen (secondary N) is 1. The van der Waals surface area contributed by atoms with E-state index in [2.05, 4.69) is 49.0 Å². The lowest BCUT2D eigenvalue weighted by Gasteiger charge is -2.42. The van der Waals surface area contributed by atoms with Gasteiger partial charge in [-0.1, -0.05) is 46.6 Å². The standard InChI is InChI=1S/C18H31N3/c1-5-18(6-2)9-12-21(13-10-18)17-16(8-7-11-19-17)14-20-15(3)4/h7-8,11,15,20H,5-6,9-10,12-14H2,1-4H3. The van der Waals surface area contributed by atoms with E-state index in [0.29, 0.717) is 11.5 Å². The summed E-state index contributed by atoms with van der Waals surface area (Å²) >= 11 is 0. The summed E-state index contributed by atoms with van der Waals surface area (Å²) in [5.74, 6) is 1.19. The van der Waals surface area contributed by atoms with Gasteiger partial charge in [-0.2, -0.15) is 0 Å². The van der Waals surface area contributed by atoms with E-state index in [1.165, 1.54) is 37.1 Å². The zero-order chi connectivity index (χ0) is 15.3. The Bertz CT molecular complexity index is 428. The minimum absolute atomic E-state index is 0.507. The molecule has 2 rings (SSSR count). The number of aromatic nitrogens is 1. The fourth-order valence-electron chi connectivity index (χ4n) is 3.32. The predicted molar refractivity (Wildman–Crippen MR) is 90.7 cm³/mol. The summed E-state index contributed by atoms with van der Waals surface area (Å²) < 4.78 is 0. The van der Waals surface area contributed by atoms with E-state index in [4.69, 9.17) is 0 Å². The van der Waals surface area contributed by atoms with E-state index in [-0.39, 0.29) is 0 Å². The molecule has 0 saturated carbocycles. The molecule has 118 valence electrons. The maximum absolute atomic E-state index is 4.67. The van der Waals surface area contributed by atoms with Gasteiger partial charge in [0.15, 0.2) is 0 Å². The Kier molecular flexibility index (Phi) is 5.63. The molecular weight excluding hydrogens is 258 g/mol. The van der Waals surface area contributed by atoms with Crippen LogP contribution in [0.15, 0.2) is 18.3 Å². The molecule has 0 atom stereocenters. The number of nitrogens with zero attached hydrogens (tertiary/aromatic N) is 2. The largest absolute Gasteiger partial charge is 0.356 e. The first-order chi connectivity index (χ1) is 10.1. The molecule has 2 heterocycles.